The Kier molecular flexibility index (Phi) is 3.87. The van der Waals surface area contributed by atoms with Gasteiger partial charge in [0.15, 0.2) is 0 Å². The molecule has 0 bridgehead atoms. The molecule has 7 heteroatoms. The van der Waals surface area contributed by atoms with Crippen molar-refractivity contribution in [2.24, 2.45) is 7.05 Å². The summed E-state index contributed by atoms with van der Waals surface area (Å²) >= 11 is 8.74. The van der Waals surface area contributed by atoms with E-state index in [9.17, 15) is 8.78 Å². The summed E-state index contributed by atoms with van der Waals surface area (Å²) in [6.07, 6.45) is 1.50. The van der Waals surface area contributed by atoms with Crippen LogP contribution in [0, 0.1) is 11.6 Å². The van der Waals surface area contributed by atoms with Crippen molar-refractivity contribution < 1.29 is 8.78 Å². The van der Waals surface area contributed by atoms with Crippen LogP contribution in [0.4, 0.5) is 14.5 Å². The Balaban J connectivity index is 2.16. The molecular weight excluding hydrogens is 327 g/mol. The number of imidazole rings is 1. The zero-order valence-corrected chi connectivity index (χ0v) is 11.7. The maximum atomic E-state index is 13.5. The number of rotatable bonds is 3. The summed E-state index contributed by atoms with van der Waals surface area (Å²) in [5.74, 6) is -0.442. The highest BCUT2D eigenvalue weighted by atomic mass is 79.9. The third kappa shape index (κ3) is 2.64. The van der Waals surface area contributed by atoms with Gasteiger partial charge in [0.05, 0.1) is 22.9 Å². The molecule has 1 aromatic heterocycles. The van der Waals surface area contributed by atoms with Crippen molar-refractivity contribution in [2.75, 3.05) is 5.32 Å². The molecule has 96 valence electrons. The van der Waals surface area contributed by atoms with Crippen molar-refractivity contribution in [1.82, 2.24) is 9.55 Å². The number of hydrogen-bond acceptors (Lipinski definition) is 2. The predicted molar refractivity (Wildman–Crippen MR) is 69.6 cm³/mol. The van der Waals surface area contributed by atoms with Gasteiger partial charge in [-0.05, 0) is 22.0 Å². The SMILES string of the molecule is Cn1c(Cl)cnc1CNc1cc(F)c(Br)cc1F. The molecule has 1 aromatic carbocycles. The molecule has 0 spiro atoms. The van der Waals surface area contributed by atoms with E-state index in [4.69, 9.17) is 11.6 Å². The monoisotopic (exact) mass is 335 g/mol. The van der Waals surface area contributed by atoms with Crippen molar-refractivity contribution in [1.29, 1.82) is 0 Å². The van der Waals surface area contributed by atoms with E-state index in [-0.39, 0.29) is 16.7 Å². The predicted octanol–water partition coefficient (Wildman–Crippen LogP) is 3.73. The van der Waals surface area contributed by atoms with Crippen LogP contribution in [0.15, 0.2) is 22.8 Å². The average molecular weight is 337 g/mol. The molecule has 2 aromatic rings. The van der Waals surface area contributed by atoms with Crippen LogP contribution in [-0.2, 0) is 13.6 Å². The third-order valence-corrected chi connectivity index (χ3v) is 3.43. The van der Waals surface area contributed by atoms with Crippen LogP contribution in [0.5, 0.6) is 0 Å². The fourth-order valence-corrected chi connectivity index (χ4v) is 1.88. The van der Waals surface area contributed by atoms with Gasteiger partial charge in [0.25, 0.3) is 0 Å². The van der Waals surface area contributed by atoms with E-state index in [1.807, 2.05) is 0 Å². The van der Waals surface area contributed by atoms with E-state index >= 15 is 0 Å². The van der Waals surface area contributed by atoms with Crippen molar-refractivity contribution in [3.8, 4) is 0 Å². The largest absolute Gasteiger partial charge is 0.375 e. The first-order chi connectivity index (χ1) is 8.49. The second-order valence-electron chi connectivity index (χ2n) is 3.66. The second kappa shape index (κ2) is 5.24. The van der Waals surface area contributed by atoms with Gasteiger partial charge >= 0.3 is 0 Å². The van der Waals surface area contributed by atoms with Crippen LogP contribution in [0.1, 0.15) is 5.82 Å². The first-order valence-corrected chi connectivity index (χ1v) is 6.20. The molecule has 0 aliphatic rings. The van der Waals surface area contributed by atoms with E-state index in [1.54, 1.807) is 11.6 Å². The standard InChI is InChI=1S/C11H9BrClF2N3/c1-18-10(13)4-17-11(18)5-16-9-3-7(14)6(12)2-8(9)15/h2-4,16H,5H2,1H3. The molecule has 0 amide bonds. The van der Waals surface area contributed by atoms with E-state index in [0.717, 1.165) is 12.1 Å². The fourth-order valence-electron chi connectivity index (χ4n) is 1.42. The number of hydrogen-bond donors (Lipinski definition) is 1. The lowest BCUT2D eigenvalue weighted by atomic mass is 10.3. The van der Waals surface area contributed by atoms with Gasteiger partial charge in [-0.15, -0.1) is 0 Å². The number of halogens is 4. The summed E-state index contributed by atoms with van der Waals surface area (Å²) in [6.45, 7) is 0.251. The minimum Gasteiger partial charge on any atom is -0.375 e. The Morgan fingerprint density at radius 1 is 1.39 bits per heavy atom. The van der Waals surface area contributed by atoms with E-state index in [1.165, 1.54) is 6.20 Å². The molecule has 0 radical (unpaired) electrons. The topological polar surface area (TPSA) is 29.9 Å². The Hall–Kier alpha value is -1.14. The third-order valence-electron chi connectivity index (χ3n) is 2.47. The molecule has 3 nitrogen and oxygen atoms in total. The Labute approximate surface area is 116 Å². The number of benzene rings is 1. The van der Waals surface area contributed by atoms with Gasteiger partial charge in [0, 0.05) is 13.1 Å². The fraction of sp³-hybridized carbons (Fsp3) is 0.182. The Bertz CT molecular complexity index is 586. The normalized spacial score (nSPS) is 10.7. The molecule has 0 saturated carbocycles. The van der Waals surface area contributed by atoms with Crippen molar-refractivity contribution in [3.05, 3.63) is 45.4 Å². The molecule has 0 unspecified atom stereocenters. The number of anilines is 1. The van der Waals surface area contributed by atoms with Crippen LogP contribution in [0.25, 0.3) is 0 Å². The van der Waals surface area contributed by atoms with E-state index in [2.05, 4.69) is 26.2 Å². The zero-order chi connectivity index (χ0) is 13.3. The van der Waals surface area contributed by atoms with Gasteiger partial charge in [0.2, 0.25) is 0 Å². The summed E-state index contributed by atoms with van der Waals surface area (Å²) in [5.41, 5.74) is 0.0785. The lowest BCUT2D eigenvalue weighted by Crippen LogP contribution is -2.07. The molecule has 18 heavy (non-hydrogen) atoms. The van der Waals surface area contributed by atoms with Crippen LogP contribution in [0.2, 0.25) is 5.15 Å². The first kappa shape index (κ1) is 13.3. The lowest BCUT2D eigenvalue weighted by molar-refractivity contribution is 0.596. The van der Waals surface area contributed by atoms with Crippen LogP contribution < -0.4 is 5.32 Å². The summed E-state index contributed by atoms with van der Waals surface area (Å²) in [7, 11) is 1.74. The Morgan fingerprint density at radius 2 is 2.11 bits per heavy atom. The minimum absolute atomic E-state index is 0.0785. The molecule has 0 aliphatic heterocycles. The smallest absolute Gasteiger partial charge is 0.147 e. The van der Waals surface area contributed by atoms with Gasteiger partial charge < -0.3 is 9.88 Å². The minimum atomic E-state index is -0.538. The molecule has 1 heterocycles. The summed E-state index contributed by atoms with van der Waals surface area (Å²) in [5, 5.41) is 3.25. The van der Waals surface area contributed by atoms with E-state index < -0.39 is 11.6 Å². The van der Waals surface area contributed by atoms with Crippen LogP contribution in [-0.4, -0.2) is 9.55 Å². The quantitative estimate of drug-likeness (QED) is 0.866. The molecule has 0 aliphatic carbocycles. The van der Waals surface area contributed by atoms with Crippen LogP contribution in [0.3, 0.4) is 0 Å². The highest BCUT2D eigenvalue weighted by Crippen LogP contribution is 2.23. The zero-order valence-electron chi connectivity index (χ0n) is 9.35. The lowest BCUT2D eigenvalue weighted by Gasteiger charge is -2.08. The molecule has 2 rings (SSSR count). The molecule has 0 saturated heterocycles. The van der Waals surface area contributed by atoms with Crippen molar-refractivity contribution in [3.63, 3.8) is 0 Å². The highest BCUT2D eigenvalue weighted by molar-refractivity contribution is 9.10. The van der Waals surface area contributed by atoms with Gasteiger partial charge in [0.1, 0.15) is 22.6 Å². The summed E-state index contributed by atoms with van der Waals surface area (Å²) in [4.78, 5) is 4.04. The van der Waals surface area contributed by atoms with Crippen molar-refractivity contribution in [2.45, 2.75) is 6.54 Å². The maximum absolute atomic E-state index is 13.5. The van der Waals surface area contributed by atoms with Gasteiger partial charge in [-0.25, -0.2) is 13.8 Å². The van der Waals surface area contributed by atoms with Crippen molar-refractivity contribution >= 4 is 33.2 Å². The number of nitrogens with one attached hydrogen (secondary N) is 1. The van der Waals surface area contributed by atoms with Gasteiger partial charge in [-0.2, -0.15) is 0 Å². The van der Waals surface area contributed by atoms with Crippen LogP contribution >= 0.6 is 27.5 Å². The second-order valence-corrected chi connectivity index (χ2v) is 4.90. The molecule has 0 atom stereocenters. The highest BCUT2D eigenvalue weighted by Gasteiger charge is 2.09. The van der Waals surface area contributed by atoms with Gasteiger partial charge in [-0.3, -0.25) is 0 Å². The summed E-state index contributed by atoms with van der Waals surface area (Å²) < 4.78 is 28.5. The first-order valence-electron chi connectivity index (χ1n) is 5.03. The Morgan fingerprint density at radius 3 is 2.72 bits per heavy atom. The van der Waals surface area contributed by atoms with E-state index in [0.29, 0.717) is 11.0 Å². The number of nitrogens with zero attached hydrogens (tertiary/aromatic N) is 2. The average Bonchev–Trinajstić information content (AvgIpc) is 2.63. The van der Waals surface area contributed by atoms with Gasteiger partial charge in [-0.1, -0.05) is 11.6 Å². The molecular formula is C11H9BrClF2N3. The maximum Gasteiger partial charge on any atom is 0.147 e. The molecule has 0 fully saturated rings. The molecule has 1 N–H and O–H groups in total. The number of aromatic nitrogens is 2. The summed E-state index contributed by atoms with van der Waals surface area (Å²) in [6, 6.07) is 2.16.